The molecule has 2 aromatic rings. The quantitative estimate of drug-likeness (QED) is 0.754. The number of fused-ring (bicyclic) bond motifs is 3. The maximum Gasteiger partial charge on any atom is 0.335 e. The fraction of sp³-hybridized carbons (Fsp3) is 0.286. The Kier molecular flexibility index (Phi) is 4.51. The highest BCUT2D eigenvalue weighted by Gasteiger charge is 2.47. The van der Waals surface area contributed by atoms with Gasteiger partial charge >= 0.3 is 5.97 Å². The van der Waals surface area contributed by atoms with Crippen LogP contribution < -0.4 is 9.46 Å². The largest absolute Gasteiger partial charge is 0.489 e. The van der Waals surface area contributed by atoms with Crippen LogP contribution in [0.3, 0.4) is 0 Å². The molecule has 0 bridgehead atoms. The summed E-state index contributed by atoms with van der Waals surface area (Å²) in [6, 6.07) is 11.7. The van der Waals surface area contributed by atoms with Gasteiger partial charge in [-0.2, -0.15) is 0 Å². The first-order chi connectivity index (χ1) is 13.3. The van der Waals surface area contributed by atoms with Crippen LogP contribution in [0.15, 0.2) is 53.9 Å². The van der Waals surface area contributed by atoms with Crippen LogP contribution in [0, 0.1) is 6.92 Å². The number of aryl methyl sites for hydroxylation is 1. The summed E-state index contributed by atoms with van der Waals surface area (Å²) in [6.45, 7) is 5.53. The van der Waals surface area contributed by atoms with Crippen LogP contribution in [0.4, 0.5) is 0 Å². The zero-order valence-corrected chi connectivity index (χ0v) is 16.2. The molecule has 1 fully saturated rings. The number of benzene rings is 2. The van der Waals surface area contributed by atoms with Gasteiger partial charge in [0.05, 0.1) is 10.5 Å². The third-order valence-corrected chi connectivity index (χ3v) is 7.00. The lowest BCUT2D eigenvalue weighted by Gasteiger charge is -2.20. The Hall–Kier alpha value is -2.64. The van der Waals surface area contributed by atoms with E-state index in [-0.39, 0.29) is 28.5 Å². The third kappa shape index (κ3) is 3.10. The summed E-state index contributed by atoms with van der Waals surface area (Å²) in [5.41, 5.74) is 2.23. The van der Waals surface area contributed by atoms with E-state index in [2.05, 4.69) is 11.3 Å². The minimum Gasteiger partial charge on any atom is -0.489 e. The lowest BCUT2D eigenvalue weighted by molar-refractivity contribution is -0.130. The van der Waals surface area contributed by atoms with Crippen LogP contribution in [0.25, 0.3) is 5.57 Å². The molecular weight excluding hydrogens is 378 g/mol. The highest BCUT2D eigenvalue weighted by molar-refractivity contribution is 7.89. The molecule has 3 unspecified atom stereocenters. The second-order valence-corrected chi connectivity index (χ2v) is 9.02. The Balaban J connectivity index is 1.64. The Morgan fingerprint density at radius 1 is 1.18 bits per heavy atom. The molecule has 0 spiro atoms. The SMILES string of the molecule is C=C(C(=O)O)c1cccc2c1OC1CCC(NS(=O)(=O)c3ccc(C)cc3)C21. The molecule has 3 atom stereocenters. The smallest absolute Gasteiger partial charge is 0.335 e. The van der Waals surface area contributed by atoms with E-state index < -0.39 is 16.0 Å². The van der Waals surface area contributed by atoms with E-state index in [1.807, 2.05) is 13.0 Å². The van der Waals surface area contributed by atoms with E-state index in [1.165, 1.54) is 0 Å². The number of carbonyl (C=O) groups is 1. The van der Waals surface area contributed by atoms with Gasteiger partial charge in [-0.1, -0.05) is 42.5 Å². The van der Waals surface area contributed by atoms with Gasteiger partial charge in [0, 0.05) is 23.1 Å². The number of aliphatic carboxylic acids is 1. The van der Waals surface area contributed by atoms with Crippen molar-refractivity contribution in [1.29, 1.82) is 0 Å². The molecule has 146 valence electrons. The maximum absolute atomic E-state index is 12.8. The van der Waals surface area contributed by atoms with E-state index >= 15 is 0 Å². The molecule has 1 heterocycles. The fourth-order valence-corrected chi connectivity index (χ4v) is 5.37. The predicted octanol–water partition coefficient (Wildman–Crippen LogP) is 3.08. The van der Waals surface area contributed by atoms with Crippen LogP contribution in [0.2, 0.25) is 0 Å². The minimum absolute atomic E-state index is 0.0337. The molecule has 28 heavy (non-hydrogen) atoms. The van der Waals surface area contributed by atoms with Crippen molar-refractivity contribution in [3.05, 3.63) is 65.7 Å². The molecule has 4 rings (SSSR count). The van der Waals surface area contributed by atoms with Gasteiger partial charge in [0.25, 0.3) is 0 Å². The van der Waals surface area contributed by atoms with Gasteiger partial charge in [-0.05, 0) is 31.9 Å². The van der Waals surface area contributed by atoms with Crippen molar-refractivity contribution in [2.75, 3.05) is 0 Å². The molecule has 1 aliphatic heterocycles. The average molecular weight is 399 g/mol. The molecule has 0 amide bonds. The molecule has 0 saturated heterocycles. The molecular formula is C21H21NO5S. The van der Waals surface area contributed by atoms with Gasteiger partial charge in [-0.3, -0.25) is 0 Å². The minimum atomic E-state index is -3.66. The van der Waals surface area contributed by atoms with Gasteiger partial charge in [-0.15, -0.1) is 0 Å². The molecule has 2 aromatic carbocycles. The second-order valence-electron chi connectivity index (χ2n) is 7.31. The number of hydrogen-bond donors (Lipinski definition) is 2. The zero-order valence-electron chi connectivity index (χ0n) is 15.4. The summed E-state index contributed by atoms with van der Waals surface area (Å²) in [6.07, 6.45) is 1.17. The number of nitrogens with one attached hydrogen (secondary N) is 1. The molecule has 2 aliphatic rings. The van der Waals surface area contributed by atoms with Gasteiger partial charge in [-0.25, -0.2) is 17.9 Å². The number of ether oxygens (including phenoxy) is 1. The lowest BCUT2D eigenvalue weighted by Crippen LogP contribution is -2.37. The van der Waals surface area contributed by atoms with Crippen LogP contribution in [0.1, 0.15) is 35.4 Å². The van der Waals surface area contributed by atoms with Crippen molar-refractivity contribution in [3.63, 3.8) is 0 Å². The number of carboxylic acids is 1. The first kappa shape index (κ1) is 18.7. The number of para-hydroxylation sites is 1. The standard InChI is InChI=1S/C21H21NO5S/c1-12-6-8-14(9-7-12)28(25,26)22-17-10-11-18-19(17)16-5-3-4-15(20(16)27-18)13(2)21(23)24/h3-9,17-19,22H,2,10-11H2,1H3,(H,23,24). The predicted molar refractivity (Wildman–Crippen MR) is 105 cm³/mol. The van der Waals surface area contributed by atoms with Crippen LogP contribution in [-0.4, -0.2) is 31.6 Å². The van der Waals surface area contributed by atoms with E-state index in [4.69, 9.17) is 4.74 Å². The van der Waals surface area contributed by atoms with Crippen molar-refractivity contribution >= 4 is 21.6 Å². The number of carboxylic acid groups (broad SMARTS) is 1. The first-order valence-corrected chi connectivity index (χ1v) is 10.6. The normalized spacial score (nSPS) is 23.0. The fourth-order valence-electron chi connectivity index (χ4n) is 4.08. The van der Waals surface area contributed by atoms with E-state index in [9.17, 15) is 18.3 Å². The summed E-state index contributed by atoms with van der Waals surface area (Å²) in [5.74, 6) is -0.758. The Morgan fingerprint density at radius 2 is 1.89 bits per heavy atom. The van der Waals surface area contributed by atoms with Crippen LogP contribution >= 0.6 is 0 Å². The van der Waals surface area contributed by atoms with E-state index in [1.54, 1.807) is 36.4 Å². The summed E-state index contributed by atoms with van der Waals surface area (Å²) in [4.78, 5) is 11.6. The molecule has 2 N–H and O–H groups in total. The molecule has 1 aliphatic carbocycles. The highest BCUT2D eigenvalue weighted by atomic mass is 32.2. The Morgan fingerprint density at radius 3 is 2.57 bits per heavy atom. The molecule has 1 saturated carbocycles. The molecule has 6 nitrogen and oxygen atoms in total. The summed E-state index contributed by atoms with van der Waals surface area (Å²) in [7, 11) is -3.66. The first-order valence-electron chi connectivity index (χ1n) is 9.09. The van der Waals surface area contributed by atoms with Crippen molar-refractivity contribution in [3.8, 4) is 5.75 Å². The van der Waals surface area contributed by atoms with Crippen molar-refractivity contribution < 1.29 is 23.1 Å². The van der Waals surface area contributed by atoms with Crippen molar-refractivity contribution in [1.82, 2.24) is 4.72 Å². The summed E-state index contributed by atoms with van der Waals surface area (Å²) in [5, 5.41) is 9.27. The van der Waals surface area contributed by atoms with Gasteiger partial charge < -0.3 is 9.84 Å². The highest BCUT2D eigenvalue weighted by Crippen LogP contribution is 2.49. The molecule has 0 radical (unpaired) electrons. The van der Waals surface area contributed by atoms with Gasteiger partial charge in [0.15, 0.2) is 0 Å². The summed E-state index contributed by atoms with van der Waals surface area (Å²) < 4.78 is 34.5. The Bertz CT molecular complexity index is 1060. The molecule has 0 aromatic heterocycles. The average Bonchev–Trinajstić information content (AvgIpc) is 3.21. The van der Waals surface area contributed by atoms with Crippen molar-refractivity contribution in [2.45, 2.75) is 42.7 Å². The lowest BCUT2D eigenvalue weighted by atomic mass is 9.92. The van der Waals surface area contributed by atoms with E-state index in [0.717, 1.165) is 11.1 Å². The van der Waals surface area contributed by atoms with Crippen LogP contribution in [-0.2, 0) is 14.8 Å². The topological polar surface area (TPSA) is 92.7 Å². The number of hydrogen-bond acceptors (Lipinski definition) is 4. The maximum atomic E-state index is 12.8. The van der Waals surface area contributed by atoms with Crippen molar-refractivity contribution in [2.24, 2.45) is 0 Å². The monoisotopic (exact) mass is 399 g/mol. The van der Waals surface area contributed by atoms with Gasteiger partial charge in [0.2, 0.25) is 10.0 Å². The number of rotatable bonds is 5. The second kappa shape index (κ2) is 6.76. The number of sulfonamides is 1. The van der Waals surface area contributed by atoms with Crippen LogP contribution in [0.5, 0.6) is 5.75 Å². The van der Waals surface area contributed by atoms with E-state index in [0.29, 0.717) is 24.2 Å². The Labute approximate surface area is 163 Å². The third-order valence-electron chi connectivity index (χ3n) is 5.49. The zero-order chi connectivity index (χ0) is 20.1. The van der Waals surface area contributed by atoms with Gasteiger partial charge in [0.1, 0.15) is 11.9 Å². The molecule has 7 heteroatoms. The summed E-state index contributed by atoms with van der Waals surface area (Å²) >= 11 is 0.